The van der Waals surface area contributed by atoms with E-state index in [9.17, 15) is 9.59 Å². The normalized spacial score (nSPS) is 16.3. The molecule has 0 bridgehead atoms. The zero-order valence-corrected chi connectivity index (χ0v) is 15.9. The minimum atomic E-state index is -0.160. The number of benzene rings is 1. The lowest BCUT2D eigenvalue weighted by Crippen LogP contribution is -2.42. The molecule has 0 radical (unpaired) electrons. The Kier molecular flexibility index (Phi) is 8.41. The van der Waals surface area contributed by atoms with Crippen molar-refractivity contribution >= 4 is 11.8 Å². The van der Waals surface area contributed by atoms with E-state index in [0.717, 1.165) is 32.5 Å². The number of hydrogen-bond acceptors (Lipinski definition) is 4. The van der Waals surface area contributed by atoms with E-state index >= 15 is 0 Å². The summed E-state index contributed by atoms with van der Waals surface area (Å²) in [6.45, 7) is 7.65. The first-order valence-electron chi connectivity index (χ1n) is 9.67. The van der Waals surface area contributed by atoms with Gasteiger partial charge in [0.1, 0.15) is 5.75 Å². The number of nitrogens with one attached hydrogen (secondary N) is 2. The van der Waals surface area contributed by atoms with Gasteiger partial charge in [-0.25, -0.2) is 0 Å². The van der Waals surface area contributed by atoms with Gasteiger partial charge in [-0.15, -0.1) is 0 Å². The van der Waals surface area contributed by atoms with Gasteiger partial charge in [-0.1, -0.05) is 19.1 Å². The van der Waals surface area contributed by atoms with Gasteiger partial charge in [-0.2, -0.15) is 0 Å². The van der Waals surface area contributed by atoms with Crippen LogP contribution in [0, 0.1) is 0 Å². The predicted molar refractivity (Wildman–Crippen MR) is 102 cm³/mol. The molecule has 6 nitrogen and oxygen atoms in total. The average molecular weight is 361 g/mol. The molecule has 1 aromatic rings. The van der Waals surface area contributed by atoms with Crippen LogP contribution < -0.4 is 15.4 Å². The second kappa shape index (κ2) is 10.8. The summed E-state index contributed by atoms with van der Waals surface area (Å²) < 4.78 is 5.49. The number of carbonyl (C=O) groups excluding carboxylic acids is 2. The van der Waals surface area contributed by atoms with Gasteiger partial charge in [0, 0.05) is 32.1 Å². The molecular formula is C20H31N3O3. The Hall–Kier alpha value is -2.08. The predicted octanol–water partition coefficient (Wildman–Crippen LogP) is 2.20. The molecule has 1 aliphatic rings. The lowest BCUT2D eigenvalue weighted by Gasteiger charge is -2.28. The molecule has 2 amide bonds. The summed E-state index contributed by atoms with van der Waals surface area (Å²) in [6.07, 6.45) is 3.09. The van der Waals surface area contributed by atoms with Crippen LogP contribution in [-0.4, -0.2) is 55.5 Å². The molecule has 2 rings (SSSR count). The van der Waals surface area contributed by atoms with Gasteiger partial charge in [0.05, 0.1) is 12.2 Å². The van der Waals surface area contributed by atoms with Gasteiger partial charge in [-0.3, -0.25) is 9.59 Å². The molecule has 0 aliphatic carbocycles. The van der Waals surface area contributed by atoms with Crippen LogP contribution in [0.3, 0.4) is 0 Å². The van der Waals surface area contributed by atoms with Crippen LogP contribution in [0.25, 0.3) is 0 Å². The fourth-order valence-electron chi connectivity index (χ4n) is 3.27. The third kappa shape index (κ3) is 5.73. The van der Waals surface area contributed by atoms with Crippen LogP contribution >= 0.6 is 0 Å². The molecule has 0 saturated carbocycles. The Labute approximate surface area is 156 Å². The highest BCUT2D eigenvalue weighted by atomic mass is 16.5. The molecule has 1 unspecified atom stereocenters. The van der Waals surface area contributed by atoms with Crippen molar-refractivity contribution in [3.05, 3.63) is 29.8 Å². The van der Waals surface area contributed by atoms with Gasteiger partial charge >= 0.3 is 0 Å². The summed E-state index contributed by atoms with van der Waals surface area (Å²) in [6, 6.07) is 7.52. The first-order chi connectivity index (χ1) is 12.7. The minimum absolute atomic E-state index is 0.160. The van der Waals surface area contributed by atoms with E-state index in [1.807, 2.05) is 24.0 Å². The van der Waals surface area contributed by atoms with Crippen molar-refractivity contribution in [2.75, 3.05) is 32.8 Å². The third-order valence-corrected chi connectivity index (χ3v) is 4.54. The van der Waals surface area contributed by atoms with Crippen LogP contribution in [0.1, 0.15) is 49.9 Å². The smallest absolute Gasteiger partial charge is 0.255 e. The van der Waals surface area contributed by atoms with E-state index in [2.05, 4.69) is 17.6 Å². The summed E-state index contributed by atoms with van der Waals surface area (Å²) in [5, 5.41) is 6.21. The average Bonchev–Trinajstić information content (AvgIpc) is 3.18. The summed E-state index contributed by atoms with van der Waals surface area (Å²) >= 11 is 0. The number of para-hydroxylation sites is 1. The summed E-state index contributed by atoms with van der Waals surface area (Å²) in [5.41, 5.74) is 0.533. The van der Waals surface area contributed by atoms with Crippen molar-refractivity contribution in [2.24, 2.45) is 0 Å². The van der Waals surface area contributed by atoms with Gasteiger partial charge < -0.3 is 20.3 Å². The number of hydrogen-bond donors (Lipinski definition) is 2. The Balaban J connectivity index is 1.78. The molecule has 26 heavy (non-hydrogen) atoms. The van der Waals surface area contributed by atoms with Crippen LogP contribution in [0.15, 0.2) is 24.3 Å². The first kappa shape index (κ1) is 20.2. The van der Waals surface area contributed by atoms with Crippen LogP contribution in [-0.2, 0) is 4.79 Å². The molecule has 2 N–H and O–H groups in total. The molecule has 1 atom stereocenters. The van der Waals surface area contributed by atoms with Crippen molar-refractivity contribution in [3.63, 3.8) is 0 Å². The molecule has 144 valence electrons. The van der Waals surface area contributed by atoms with Crippen molar-refractivity contribution < 1.29 is 14.3 Å². The summed E-state index contributed by atoms with van der Waals surface area (Å²) in [5.74, 6) is 0.614. The van der Waals surface area contributed by atoms with Crippen LogP contribution in [0.2, 0.25) is 0 Å². The number of carbonyl (C=O) groups is 2. The first-order valence-corrected chi connectivity index (χ1v) is 9.67. The molecule has 1 aromatic carbocycles. The zero-order chi connectivity index (χ0) is 18.8. The van der Waals surface area contributed by atoms with Gasteiger partial charge in [0.2, 0.25) is 5.91 Å². The van der Waals surface area contributed by atoms with Crippen molar-refractivity contribution in [2.45, 2.75) is 45.6 Å². The zero-order valence-electron chi connectivity index (χ0n) is 15.9. The molecule has 6 heteroatoms. The number of ether oxygens (including phenoxy) is 1. The highest BCUT2D eigenvalue weighted by Gasteiger charge is 2.25. The maximum atomic E-state index is 12.5. The maximum Gasteiger partial charge on any atom is 0.255 e. The Morgan fingerprint density at radius 2 is 2.12 bits per heavy atom. The van der Waals surface area contributed by atoms with Gasteiger partial charge in [-0.05, 0) is 44.9 Å². The Morgan fingerprint density at radius 1 is 1.31 bits per heavy atom. The quantitative estimate of drug-likeness (QED) is 0.627. The Bertz CT molecular complexity index is 585. The SMILES string of the molecule is CCCN(C(=O)CCCNC(=O)c1ccccc1OCC)C1CCNC1. The van der Waals surface area contributed by atoms with Crippen molar-refractivity contribution in [1.29, 1.82) is 0 Å². The number of rotatable bonds is 10. The van der Waals surface area contributed by atoms with E-state index in [0.29, 0.717) is 43.3 Å². The number of nitrogens with zero attached hydrogens (tertiary/aromatic N) is 1. The molecule has 1 saturated heterocycles. The Morgan fingerprint density at radius 3 is 2.81 bits per heavy atom. The van der Waals surface area contributed by atoms with E-state index in [4.69, 9.17) is 4.74 Å². The molecule has 1 aliphatic heterocycles. The van der Waals surface area contributed by atoms with Gasteiger partial charge in [0.25, 0.3) is 5.91 Å². The lowest BCUT2D eigenvalue weighted by atomic mass is 10.1. The standard InChI is InChI=1S/C20H31N3O3/c1-3-14-23(16-11-13-21-15-16)19(24)10-7-12-22-20(25)17-8-5-6-9-18(17)26-4-2/h5-6,8-9,16,21H,3-4,7,10-15H2,1-2H3,(H,22,25). The molecule has 1 fully saturated rings. The van der Waals surface area contributed by atoms with E-state index < -0.39 is 0 Å². The maximum absolute atomic E-state index is 12.5. The second-order valence-electron chi connectivity index (χ2n) is 6.52. The highest BCUT2D eigenvalue weighted by Crippen LogP contribution is 2.17. The minimum Gasteiger partial charge on any atom is -0.493 e. The second-order valence-corrected chi connectivity index (χ2v) is 6.52. The van der Waals surface area contributed by atoms with Crippen LogP contribution in [0.5, 0.6) is 5.75 Å². The summed E-state index contributed by atoms with van der Waals surface area (Å²) in [4.78, 5) is 26.9. The van der Waals surface area contributed by atoms with E-state index in [-0.39, 0.29) is 11.8 Å². The number of amides is 2. The molecule has 0 spiro atoms. The topological polar surface area (TPSA) is 70.7 Å². The fraction of sp³-hybridized carbons (Fsp3) is 0.600. The monoisotopic (exact) mass is 361 g/mol. The summed E-state index contributed by atoms with van der Waals surface area (Å²) in [7, 11) is 0. The highest BCUT2D eigenvalue weighted by molar-refractivity contribution is 5.96. The van der Waals surface area contributed by atoms with Gasteiger partial charge in [0.15, 0.2) is 0 Å². The van der Waals surface area contributed by atoms with Crippen LogP contribution in [0.4, 0.5) is 0 Å². The van der Waals surface area contributed by atoms with Crippen molar-refractivity contribution in [3.8, 4) is 5.75 Å². The lowest BCUT2D eigenvalue weighted by molar-refractivity contribution is -0.133. The molecular weight excluding hydrogens is 330 g/mol. The fourth-order valence-corrected chi connectivity index (χ4v) is 3.27. The van der Waals surface area contributed by atoms with E-state index in [1.54, 1.807) is 12.1 Å². The van der Waals surface area contributed by atoms with Crippen molar-refractivity contribution in [1.82, 2.24) is 15.5 Å². The molecule has 0 aromatic heterocycles. The largest absolute Gasteiger partial charge is 0.493 e. The van der Waals surface area contributed by atoms with E-state index in [1.165, 1.54) is 0 Å². The molecule has 1 heterocycles. The third-order valence-electron chi connectivity index (χ3n) is 4.54.